The highest BCUT2D eigenvalue weighted by Crippen LogP contribution is 2.09. The molecule has 0 fully saturated rings. The van der Waals surface area contributed by atoms with E-state index in [1.807, 2.05) is 42.8 Å². The monoisotopic (exact) mass is 362 g/mol. The van der Waals surface area contributed by atoms with Crippen LogP contribution in [0.15, 0.2) is 29.3 Å². The largest absolute Gasteiger partial charge is 0.356 e. The lowest BCUT2D eigenvalue weighted by atomic mass is 10.1. The molecular formula is C18H27ClN6. The summed E-state index contributed by atoms with van der Waals surface area (Å²) in [5.74, 6) is 2.55. The van der Waals surface area contributed by atoms with Crippen LogP contribution in [0.2, 0.25) is 5.02 Å². The molecule has 2 N–H and O–H groups in total. The fraction of sp³-hybridized carbons (Fsp3) is 0.500. The van der Waals surface area contributed by atoms with Gasteiger partial charge < -0.3 is 15.2 Å². The van der Waals surface area contributed by atoms with Gasteiger partial charge in [0.2, 0.25) is 0 Å². The van der Waals surface area contributed by atoms with Crippen molar-refractivity contribution in [2.45, 2.75) is 39.7 Å². The van der Waals surface area contributed by atoms with Gasteiger partial charge in [0.1, 0.15) is 12.4 Å². The SMILES string of the molecule is CCCCNC(=NCc1nnc(C)n1C)NCCc1ccc(Cl)cc1. The quantitative estimate of drug-likeness (QED) is 0.430. The van der Waals surface area contributed by atoms with Crippen LogP contribution in [0.25, 0.3) is 0 Å². The second-order valence-corrected chi connectivity index (χ2v) is 6.41. The predicted molar refractivity (Wildman–Crippen MR) is 103 cm³/mol. The van der Waals surface area contributed by atoms with E-state index < -0.39 is 0 Å². The van der Waals surface area contributed by atoms with Gasteiger partial charge in [0, 0.05) is 25.2 Å². The minimum absolute atomic E-state index is 0.500. The summed E-state index contributed by atoms with van der Waals surface area (Å²) in [6.45, 7) is 6.32. The number of hydrogen-bond acceptors (Lipinski definition) is 3. The van der Waals surface area contributed by atoms with Crippen LogP contribution in [0, 0.1) is 6.92 Å². The first-order chi connectivity index (χ1) is 12.1. The first-order valence-corrected chi connectivity index (χ1v) is 9.09. The Morgan fingerprint density at radius 3 is 2.52 bits per heavy atom. The first-order valence-electron chi connectivity index (χ1n) is 8.71. The van der Waals surface area contributed by atoms with E-state index in [4.69, 9.17) is 11.6 Å². The van der Waals surface area contributed by atoms with Crippen molar-refractivity contribution in [1.29, 1.82) is 0 Å². The van der Waals surface area contributed by atoms with Gasteiger partial charge in [-0.1, -0.05) is 37.1 Å². The topological polar surface area (TPSA) is 67.1 Å². The number of halogens is 1. The molecule has 0 bridgehead atoms. The number of unbranched alkanes of at least 4 members (excludes halogenated alkanes) is 1. The van der Waals surface area contributed by atoms with Gasteiger partial charge in [0.05, 0.1) is 0 Å². The fourth-order valence-electron chi connectivity index (χ4n) is 2.27. The zero-order chi connectivity index (χ0) is 18.1. The lowest BCUT2D eigenvalue weighted by Crippen LogP contribution is -2.39. The van der Waals surface area contributed by atoms with Crippen LogP contribution in [-0.2, 0) is 20.0 Å². The zero-order valence-electron chi connectivity index (χ0n) is 15.2. The predicted octanol–water partition coefficient (Wildman–Crippen LogP) is 2.85. The van der Waals surface area contributed by atoms with Gasteiger partial charge in [-0.2, -0.15) is 0 Å². The lowest BCUT2D eigenvalue weighted by molar-refractivity contribution is 0.714. The highest BCUT2D eigenvalue weighted by atomic mass is 35.5. The summed E-state index contributed by atoms with van der Waals surface area (Å²) in [5, 5.41) is 15.8. The van der Waals surface area contributed by atoms with Crippen molar-refractivity contribution in [1.82, 2.24) is 25.4 Å². The number of guanidine groups is 1. The Hall–Kier alpha value is -2.08. The molecule has 0 saturated heterocycles. The number of aromatic nitrogens is 3. The maximum absolute atomic E-state index is 5.92. The van der Waals surface area contributed by atoms with E-state index in [1.54, 1.807) is 0 Å². The van der Waals surface area contributed by atoms with Crippen molar-refractivity contribution < 1.29 is 0 Å². The van der Waals surface area contributed by atoms with Gasteiger partial charge in [0.25, 0.3) is 0 Å². The van der Waals surface area contributed by atoms with Crippen LogP contribution in [0.4, 0.5) is 0 Å². The molecule has 25 heavy (non-hydrogen) atoms. The molecule has 0 atom stereocenters. The van der Waals surface area contributed by atoms with Crippen molar-refractivity contribution in [3.05, 3.63) is 46.5 Å². The summed E-state index contributed by atoms with van der Waals surface area (Å²) in [7, 11) is 1.96. The lowest BCUT2D eigenvalue weighted by Gasteiger charge is -2.12. The van der Waals surface area contributed by atoms with E-state index in [2.05, 4.69) is 32.7 Å². The zero-order valence-corrected chi connectivity index (χ0v) is 16.0. The van der Waals surface area contributed by atoms with Gasteiger partial charge in [-0.05, 0) is 37.5 Å². The molecule has 0 aliphatic carbocycles. The summed E-state index contributed by atoms with van der Waals surface area (Å²) in [6.07, 6.45) is 3.17. The molecular weight excluding hydrogens is 336 g/mol. The molecule has 6 nitrogen and oxygen atoms in total. The number of aryl methyl sites for hydroxylation is 1. The molecule has 136 valence electrons. The van der Waals surface area contributed by atoms with E-state index in [0.717, 1.165) is 55.0 Å². The third kappa shape index (κ3) is 6.38. The molecule has 1 aromatic carbocycles. The number of benzene rings is 1. The Balaban J connectivity index is 1.90. The van der Waals surface area contributed by atoms with Crippen molar-refractivity contribution in [3.8, 4) is 0 Å². The fourth-order valence-corrected chi connectivity index (χ4v) is 2.40. The number of rotatable bonds is 8. The second-order valence-electron chi connectivity index (χ2n) is 5.97. The molecule has 1 heterocycles. The standard InChI is InChI=1S/C18H27ClN6/c1-4-5-11-20-18(22-13-17-24-23-14(2)25(17)3)21-12-10-15-6-8-16(19)9-7-15/h6-9H,4-5,10-13H2,1-3H3,(H2,20,21,22). The normalized spacial score (nSPS) is 11.6. The number of aliphatic imine (C=N–C) groups is 1. The van der Waals surface area contributed by atoms with Gasteiger partial charge in [-0.3, -0.25) is 0 Å². The van der Waals surface area contributed by atoms with E-state index in [1.165, 1.54) is 5.56 Å². The molecule has 7 heteroatoms. The minimum Gasteiger partial charge on any atom is -0.356 e. The van der Waals surface area contributed by atoms with Crippen LogP contribution < -0.4 is 10.6 Å². The summed E-state index contributed by atoms with van der Waals surface area (Å²) in [5.41, 5.74) is 1.24. The van der Waals surface area contributed by atoms with Gasteiger partial charge >= 0.3 is 0 Å². The minimum atomic E-state index is 0.500. The van der Waals surface area contributed by atoms with Crippen LogP contribution in [0.3, 0.4) is 0 Å². The maximum Gasteiger partial charge on any atom is 0.191 e. The smallest absolute Gasteiger partial charge is 0.191 e. The molecule has 0 unspecified atom stereocenters. The molecule has 2 rings (SSSR count). The van der Waals surface area contributed by atoms with E-state index in [0.29, 0.717) is 6.54 Å². The maximum atomic E-state index is 5.92. The Kier molecular flexibility index (Phi) is 7.73. The molecule has 0 saturated carbocycles. The third-order valence-electron chi connectivity index (χ3n) is 4.00. The second kappa shape index (κ2) is 10.0. The van der Waals surface area contributed by atoms with Crippen LogP contribution in [-0.4, -0.2) is 33.8 Å². The third-order valence-corrected chi connectivity index (χ3v) is 4.26. The summed E-state index contributed by atoms with van der Waals surface area (Å²) in [4.78, 5) is 4.64. The number of nitrogens with one attached hydrogen (secondary N) is 2. The van der Waals surface area contributed by atoms with Crippen molar-refractivity contribution in [3.63, 3.8) is 0 Å². The Labute approximate surface area is 154 Å². The van der Waals surface area contributed by atoms with Crippen LogP contribution in [0.5, 0.6) is 0 Å². The van der Waals surface area contributed by atoms with Gasteiger partial charge in [-0.15, -0.1) is 10.2 Å². The first kappa shape index (κ1) is 19.2. The van der Waals surface area contributed by atoms with Crippen molar-refractivity contribution in [2.24, 2.45) is 12.0 Å². The molecule has 2 aromatic rings. The number of hydrogen-bond donors (Lipinski definition) is 2. The summed E-state index contributed by atoms with van der Waals surface area (Å²) < 4.78 is 1.96. The summed E-state index contributed by atoms with van der Waals surface area (Å²) in [6, 6.07) is 7.94. The molecule has 0 aliphatic rings. The van der Waals surface area contributed by atoms with Gasteiger partial charge in [-0.25, -0.2) is 4.99 Å². The molecule has 0 radical (unpaired) electrons. The van der Waals surface area contributed by atoms with Crippen molar-refractivity contribution >= 4 is 17.6 Å². The van der Waals surface area contributed by atoms with Crippen molar-refractivity contribution in [2.75, 3.05) is 13.1 Å². The average Bonchev–Trinajstić information content (AvgIpc) is 2.93. The van der Waals surface area contributed by atoms with Gasteiger partial charge in [0.15, 0.2) is 11.8 Å². The van der Waals surface area contributed by atoms with E-state index >= 15 is 0 Å². The molecule has 0 aliphatic heterocycles. The number of nitrogens with zero attached hydrogens (tertiary/aromatic N) is 4. The molecule has 1 aromatic heterocycles. The molecule has 0 amide bonds. The van der Waals surface area contributed by atoms with E-state index in [-0.39, 0.29) is 0 Å². The van der Waals surface area contributed by atoms with Crippen LogP contribution in [0.1, 0.15) is 37.0 Å². The highest BCUT2D eigenvalue weighted by Gasteiger charge is 2.05. The highest BCUT2D eigenvalue weighted by molar-refractivity contribution is 6.30. The average molecular weight is 363 g/mol. The van der Waals surface area contributed by atoms with E-state index in [9.17, 15) is 0 Å². The Bertz CT molecular complexity index is 677. The Morgan fingerprint density at radius 2 is 1.88 bits per heavy atom. The van der Waals surface area contributed by atoms with Crippen LogP contribution >= 0.6 is 11.6 Å². The Morgan fingerprint density at radius 1 is 1.16 bits per heavy atom. The molecule has 0 spiro atoms. The summed E-state index contributed by atoms with van der Waals surface area (Å²) >= 11 is 5.92.